The van der Waals surface area contributed by atoms with Crippen molar-refractivity contribution in [2.45, 2.75) is 53.7 Å². The molecule has 0 radical (unpaired) electrons. The van der Waals surface area contributed by atoms with E-state index in [9.17, 15) is 4.79 Å². The summed E-state index contributed by atoms with van der Waals surface area (Å²) in [4.78, 5) is 13.3. The first-order chi connectivity index (χ1) is 12.2. The van der Waals surface area contributed by atoms with Gasteiger partial charge in [0.05, 0.1) is 5.02 Å². The Bertz CT molecular complexity index is 758. The third-order valence-corrected chi connectivity index (χ3v) is 6.18. The second-order valence-corrected chi connectivity index (χ2v) is 8.04. The number of aromatic nitrogens is 2. The quantitative estimate of drug-likeness (QED) is 0.859. The summed E-state index contributed by atoms with van der Waals surface area (Å²) in [6.07, 6.45) is 4.42. The molecule has 0 saturated carbocycles. The fourth-order valence-corrected chi connectivity index (χ4v) is 4.58. The van der Waals surface area contributed by atoms with Crippen LogP contribution in [-0.2, 0) is 0 Å². The van der Waals surface area contributed by atoms with Crippen molar-refractivity contribution >= 4 is 29.3 Å². The third kappa shape index (κ3) is 3.97. The van der Waals surface area contributed by atoms with Crippen LogP contribution in [0, 0.1) is 0 Å². The van der Waals surface area contributed by atoms with E-state index in [0.29, 0.717) is 27.8 Å². The number of rotatable bonds is 4. The smallest absolute Gasteiger partial charge is 0.272 e. The highest BCUT2D eigenvalue weighted by molar-refractivity contribution is 7.99. The number of fused-ring (bicyclic) bond motifs is 2. The highest BCUT2D eigenvalue weighted by atomic mass is 35.5. The predicted octanol–water partition coefficient (Wildman–Crippen LogP) is 3.29. The van der Waals surface area contributed by atoms with Crippen LogP contribution in [0.5, 0.6) is 0 Å². The van der Waals surface area contributed by atoms with E-state index in [1.54, 1.807) is 6.07 Å². The first-order valence-electron chi connectivity index (χ1n) is 8.50. The number of carbonyl (C=O) groups excluding carboxylic acids is 1. The summed E-state index contributed by atoms with van der Waals surface area (Å²) in [6.45, 7) is 0. The number of hydrogen-bond acceptors (Lipinski definition) is 5. The molecule has 2 unspecified atom stereocenters. The van der Waals surface area contributed by atoms with Gasteiger partial charge in [0.2, 0.25) is 0 Å². The SMILES string of the molecule is O=C(NC1CC2CCC(C1)N2)c1ccc(Sc2ccccc2Cl)nn1. The molecule has 1 aromatic carbocycles. The zero-order valence-electron chi connectivity index (χ0n) is 13.6. The summed E-state index contributed by atoms with van der Waals surface area (Å²) in [6, 6.07) is 12.4. The van der Waals surface area contributed by atoms with Crippen LogP contribution in [0.25, 0.3) is 0 Å². The van der Waals surface area contributed by atoms with Crippen LogP contribution in [0.2, 0.25) is 5.02 Å². The molecule has 0 aliphatic carbocycles. The maximum absolute atomic E-state index is 12.4. The minimum Gasteiger partial charge on any atom is -0.348 e. The summed E-state index contributed by atoms with van der Waals surface area (Å²) in [7, 11) is 0. The second-order valence-electron chi connectivity index (χ2n) is 6.57. The van der Waals surface area contributed by atoms with Gasteiger partial charge in [-0.2, -0.15) is 0 Å². The molecule has 1 aromatic heterocycles. The first kappa shape index (κ1) is 16.8. The third-order valence-electron chi connectivity index (χ3n) is 4.73. The Morgan fingerprint density at radius 3 is 2.56 bits per heavy atom. The van der Waals surface area contributed by atoms with Gasteiger partial charge in [-0.05, 0) is 49.9 Å². The maximum Gasteiger partial charge on any atom is 0.272 e. The van der Waals surface area contributed by atoms with Gasteiger partial charge in [-0.15, -0.1) is 10.2 Å². The number of amides is 1. The number of piperidine rings is 1. The van der Waals surface area contributed by atoms with Crippen molar-refractivity contribution in [3.63, 3.8) is 0 Å². The van der Waals surface area contributed by atoms with Crippen molar-refractivity contribution in [3.8, 4) is 0 Å². The fraction of sp³-hybridized carbons (Fsp3) is 0.389. The molecule has 2 aliphatic heterocycles. The zero-order valence-corrected chi connectivity index (χ0v) is 15.2. The molecule has 25 heavy (non-hydrogen) atoms. The molecule has 3 heterocycles. The zero-order chi connectivity index (χ0) is 17.2. The summed E-state index contributed by atoms with van der Waals surface area (Å²) < 4.78 is 0. The van der Waals surface area contributed by atoms with Gasteiger partial charge in [-0.25, -0.2) is 0 Å². The molecule has 2 saturated heterocycles. The van der Waals surface area contributed by atoms with E-state index in [4.69, 9.17) is 11.6 Å². The summed E-state index contributed by atoms with van der Waals surface area (Å²) in [5, 5.41) is 16.3. The van der Waals surface area contributed by atoms with Gasteiger partial charge in [0, 0.05) is 23.0 Å². The molecule has 1 amide bonds. The average molecular weight is 375 g/mol. The molecule has 2 N–H and O–H groups in total. The molecular formula is C18H19ClN4OS. The lowest BCUT2D eigenvalue weighted by Gasteiger charge is -2.29. The van der Waals surface area contributed by atoms with Crippen LogP contribution in [0.15, 0.2) is 46.3 Å². The topological polar surface area (TPSA) is 66.9 Å². The molecule has 2 atom stereocenters. The minimum absolute atomic E-state index is 0.145. The van der Waals surface area contributed by atoms with E-state index < -0.39 is 0 Å². The van der Waals surface area contributed by atoms with Crippen LogP contribution < -0.4 is 10.6 Å². The highest BCUT2D eigenvalue weighted by Crippen LogP contribution is 2.31. The van der Waals surface area contributed by atoms with E-state index in [2.05, 4.69) is 20.8 Å². The lowest BCUT2D eigenvalue weighted by Crippen LogP contribution is -2.48. The van der Waals surface area contributed by atoms with Crippen LogP contribution in [-0.4, -0.2) is 34.2 Å². The minimum atomic E-state index is -0.145. The summed E-state index contributed by atoms with van der Waals surface area (Å²) in [5.41, 5.74) is 0.356. The standard InChI is InChI=1S/C18H19ClN4OS/c19-14-3-1-2-4-16(14)25-17-8-7-15(22-23-17)18(24)21-13-9-11-5-6-12(10-13)20-11/h1-4,7-8,11-13,20H,5-6,9-10H2,(H,21,24). The van der Waals surface area contributed by atoms with E-state index in [-0.39, 0.29) is 11.9 Å². The Balaban J connectivity index is 1.38. The first-order valence-corrected chi connectivity index (χ1v) is 9.70. The van der Waals surface area contributed by atoms with Crippen molar-refractivity contribution in [1.29, 1.82) is 0 Å². The molecule has 130 valence electrons. The summed E-state index contributed by atoms with van der Waals surface area (Å²) in [5.74, 6) is -0.145. The van der Waals surface area contributed by atoms with Gasteiger partial charge in [0.1, 0.15) is 5.03 Å². The molecule has 2 aromatic rings. The molecule has 2 aliphatic rings. The van der Waals surface area contributed by atoms with Gasteiger partial charge >= 0.3 is 0 Å². The Kier molecular flexibility index (Phi) is 4.92. The van der Waals surface area contributed by atoms with Crippen LogP contribution in [0.4, 0.5) is 0 Å². The lowest BCUT2D eigenvalue weighted by atomic mass is 10.00. The molecule has 2 fully saturated rings. The van der Waals surface area contributed by atoms with Crippen molar-refractivity contribution in [1.82, 2.24) is 20.8 Å². The van der Waals surface area contributed by atoms with Crippen molar-refractivity contribution in [2.75, 3.05) is 0 Å². The Hall–Kier alpha value is -1.63. The van der Waals surface area contributed by atoms with Crippen molar-refractivity contribution in [3.05, 3.63) is 47.1 Å². The van der Waals surface area contributed by atoms with Crippen molar-refractivity contribution < 1.29 is 4.79 Å². The molecule has 5 nitrogen and oxygen atoms in total. The maximum atomic E-state index is 12.4. The normalized spacial score (nSPS) is 24.9. The van der Waals surface area contributed by atoms with Crippen LogP contribution in [0.1, 0.15) is 36.2 Å². The average Bonchev–Trinajstić information content (AvgIpc) is 2.96. The predicted molar refractivity (Wildman–Crippen MR) is 98.0 cm³/mol. The molecule has 4 rings (SSSR count). The highest BCUT2D eigenvalue weighted by Gasteiger charge is 2.34. The van der Waals surface area contributed by atoms with Crippen molar-refractivity contribution in [2.24, 2.45) is 0 Å². The van der Waals surface area contributed by atoms with Crippen LogP contribution in [0.3, 0.4) is 0 Å². The van der Waals surface area contributed by atoms with Gasteiger partial charge in [0.25, 0.3) is 5.91 Å². The number of benzene rings is 1. The lowest BCUT2D eigenvalue weighted by molar-refractivity contribution is 0.0917. The number of nitrogens with one attached hydrogen (secondary N) is 2. The largest absolute Gasteiger partial charge is 0.348 e. The van der Waals surface area contributed by atoms with Crippen LogP contribution >= 0.6 is 23.4 Å². The van der Waals surface area contributed by atoms with Gasteiger partial charge in [0.15, 0.2) is 5.69 Å². The van der Waals surface area contributed by atoms with Gasteiger partial charge < -0.3 is 10.6 Å². The Morgan fingerprint density at radius 1 is 1.12 bits per heavy atom. The Morgan fingerprint density at radius 2 is 1.88 bits per heavy atom. The molecule has 7 heteroatoms. The molecule has 2 bridgehead atoms. The van der Waals surface area contributed by atoms with Gasteiger partial charge in [-0.3, -0.25) is 4.79 Å². The van der Waals surface area contributed by atoms with Gasteiger partial charge in [-0.1, -0.05) is 35.5 Å². The fourth-order valence-electron chi connectivity index (χ4n) is 3.57. The Labute approximate surface area is 155 Å². The molecule has 0 spiro atoms. The molecular weight excluding hydrogens is 356 g/mol. The number of halogens is 1. The van der Waals surface area contributed by atoms with E-state index >= 15 is 0 Å². The number of nitrogens with zero attached hydrogens (tertiary/aromatic N) is 2. The number of carbonyl (C=O) groups is 1. The summed E-state index contributed by atoms with van der Waals surface area (Å²) >= 11 is 7.59. The second kappa shape index (κ2) is 7.32. The van der Waals surface area contributed by atoms with E-state index in [1.807, 2.05) is 30.3 Å². The van der Waals surface area contributed by atoms with E-state index in [0.717, 1.165) is 17.7 Å². The monoisotopic (exact) mass is 374 g/mol. The number of hydrogen-bond donors (Lipinski definition) is 2. The van der Waals surface area contributed by atoms with E-state index in [1.165, 1.54) is 24.6 Å².